The van der Waals surface area contributed by atoms with Gasteiger partial charge >= 0.3 is 0 Å². The van der Waals surface area contributed by atoms with E-state index in [1.807, 2.05) is 36.4 Å². The Kier molecular flexibility index (Phi) is 5.95. The lowest BCUT2D eigenvalue weighted by Crippen LogP contribution is -2.36. The standard InChI is InChI=1S/C26H17Cl2NO2/c1-29-24-13-11-18(9-5-8-17-6-3-2-4-7-17)14-20(24)25(30)21(26(29)31)15-19-10-12-22(27)23(28)16-19/h2-4,6-7,10-16H,8H2,1H3/b21-15+. The molecule has 4 rings (SSSR count). The van der Waals surface area contributed by atoms with E-state index < -0.39 is 0 Å². The van der Waals surface area contributed by atoms with Crippen LogP contribution in [0.1, 0.15) is 27.0 Å². The van der Waals surface area contributed by atoms with Crippen LogP contribution in [-0.2, 0) is 11.2 Å². The van der Waals surface area contributed by atoms with E-state index in [1.54, 1.807) is 43.5 Å². The van der Waals surface area contributed by atoms with Crippen LogP contribution in [-0.4, -0.2) is 18.7 Å². The average Bonchev–Trinajstić information content (AvgIpc) is 2.78. The lowest BCUT2D eigenvalue weighted by molar-refractivity contribution is -0.114. The second-order valence-corrected chi connectivity index (χ2v) is 7.94. The molecule has 0 saturated carbocycles. The number of amides is 1. The number of rotatable bonds is 2. The third-order valence-electron chi connectivity index (χ3n) is 5.00. The number of Topliss-reactive ketones (excluding diaryl/α,β-unsaturated/α-hetero) is 1. The highest BCUT2D eigenvalue weighted by atomic mass is 35.5. The number of hydrogen-bond donors (Lipinski definition) is 0. The number of halogens is 2. The minimum atomic E-state index is -0.369. The fourth-order valence-electron chi connectivity index (χ4n) is 3.36. The van der Waals surface area contributed by atoms with Gasteiger partial charge in [-0.25, -0.2) is 0 Å². The van der Waals surface area contributed by atoms with Gasteiger partial charge in [-0.05, 0) is 47.5 Å². The average molecular weight is 446 g/mol. The summed E-state index contributed by atoms with van der Waals surface area (Å²) < 4.78 is 0. The Morgan fingerprint density at radius 2 is 1.71 bits per heavy atom. The van der Waals surface area contributed by atoms with Gasteiger partial charge in [-0.2, -0.15) is 0 Å². The number of carbonyl (C=O) groups excluding carboxylic acids is 2. The van der Waals surface area contributed by atoms with Crippen molar-refractivity contribution in [3.8, 4) is 11.8 Å². The molecule has 3 nitrogen and oxygen atoms in total. The normalized spacial score (nSPS) is 14.3. The van der Waals surface area contributed by atoms with Gasteiger partial charge in [-0.1, -0.05) is 71.4 Å². The van der Waals surface area contributed by atoms with Crippen LogP contribution < -0.4 is 4.90 Å². The molecule has 0 N–H and O–H groups in total. The molecule has 1 aliphatic rings. The SMILES string of the molecule is CN1C(=O)/C(=C/c2ccc(Cl)c(Cl)c2)C(=O)c2cc(C#CCc3ccccc3)ccc21. The van der Waals surface area contributed by atoms with E-state index in [1.165, 1.54) is 4.90 Å². The number of hydrogen-bond acceptors (Lipinski definition) is 2. The van der Waals surface area contributed by atoms with Crippen LogP contribution in [0.2, 0.25) is 10.0 Å². The zero-order valence-corrected chi connectivity index (χ0v) is 18.2. The zero-order chi connectivity index (χ0) is 22.0. The van der Waals surface area contributed by atoms with Crippen LogP contribution in [0.3, 0.4) is 0 Å². The van der Waals surface area contributed by atoms with Crippen molar-refractivity contribution < 1.29 is 9.59 Å². The highest BCUT2D eigenvalue weighted by Crippen LogP contribution is 2.32. The summed E-state index contributed by atoms with van der Waals surface area (Å²) in [5, 5.41) is 0.766. The molecule has 1 heterocycles. The summed E-state index contributed by atoms with van der Waals surface area (Å²) in [7, 11) is 1.65. The second kappa shape index (κ2) is 8.81. The number of likely N-dealkylation sites (N-methyl/N-ethyl adjacent to an activating group) is 1. The molecule has 0 aliphatic carbocycles. The monoisotopic (exact) mass is 445 g/mol. The van der Waals surface area contributed by atoms with Crippen molar-refractivity contribution in [2.45, 2.75) is 6.42 Å². The summed E-state index contributed by atoms with van der Waals surface area (Å²) >= 11 is 12.0. The molecule has 0 unspecified atom stereocenters. The van der Waals surface area contributed by atoms with Gasteiger partial charge in [0.05, 0.1) is 21.3 Å². The Balaban J connectivity index is 1.67. The lowest BCUT2D eigenvalue weighted by atomic mass is 9.92. The van der Waals surface area contributed by atoms with E-state index in [-0.39, 0.29) is 17.3 Å². The number of fused-ring (bicyclic) bond motifs is 1. The molecule has 1 amide bonds. The number of anilines is 1. The van der Waals surface area contributed by atoms with Gasteiger partial charge in [0.15, 0.2) is 0 Å². The van der Waals surface area contributed by atoms with E-state index >= 15 is 0 Å². The molecule has 0 aromatic heterocycles. The van der Waals surface area contributed by atoms with Gasteiger partial charge in [0.2, 0.25) is 5.78 Å². The van der Waals surface area contributed by atoms with Crippen molar-refractivity contribution in [3.63, 3.8) is 0 Å². The third kappa shape index (κ3) is 4.41. The molecule has 0 bridgehead atoms. The summed E-state index contributed by atoms with van der Waals surface area (Å²) in [6.07, 6.45) is 2.16. The summed E-state index contributed by atoms with van der Waals surface area (Å²) in [4.78, 5) is 27.4. The van der Waals surface area contributed by atoms with E-state index in [9.17, 15) is 9.59 Å². The molecule has 0 saturated heterocycles. The molecule has 152 valence electrons. The third-order valence-corrected chi connectivity index (χ3v) is 5.74. The topological polar surface area (TPSA) is 37.4 Å². The van der Waals surface area contributed by atoms with E-state index in [0.29, 0.717) is 33.3 Å². The Bertz CT molecular complexity index is 1280. The van der Waals surface area contributed by atoms with Gasteiger partial charge in [0.1, 0.15) is 0 Å². The maximum Gasteiger partial charge on any atom is 0.262 e. The molecule has 0 spiro atoms. The highest BCUT2D eigenvalue weighted by molar-refractivity contribution is 6.42. The first-order valence-corrected chi connectivity index (χ1v) is 10.4. The first-order valence-electron chi connectivity index (χ1n) is 9.60. The smallest absolute Gasteiger partial charge is 0.262 e. The highest BCUT2D eigenvalue weighted by Gasteiger charge is 2.32. The maximum absolute atomic E-state index is 13.2. The van der Waals surface area contributed by atoms with Crippen molar-refractivity contribution in [3.05, 3.63) is 105 Å². The second-order valence-electron chi connectivity index (χ2n) is 7.12. The zero-order valence-electron chi connectivity index (χ0n) is 16.7. The van der Waals surface area contributed by atoms with Crippen molar-refractivity contribution in [1.82, 2.24) is 0 Å². The molecule has 0 atom stereocenters. The van der Waals surface area contributed by atoms with Crippen LogP contribution in [0.25, 0.3) is 6.08 Å². The summed E-state index contributed by atoms with van der Waals surface area (Å²) in [6, 6.07) is 20.2. The first-order chi connectivity index (χ1) is 14.9. The molecule has 3 aromatic carbocycles. The Hall–Kier alpha value is -3.32. The fraction of sp³-hybridized carbons (Fsp3) is 0.0769. The minimum absolute atomic E-state index is 0.0720. The predicted molar refractivity (Wildman–Crippen MR) is 126 cm³/mol. The predicted octanol–water partition coefficient (Wildman–Crippen LogP) is 5.83. The van der Waals surface area contributed by atoms with Gasteiger partial charge < -0.3 is 4.90 Å². The number of ketones is 1. The van der Waals surface area contributed by atoms with E-state index in [0.717, 1.165) is 11.1 Å². The molecule has 1 aliphatic heterocycles. The van der Waals surface area contributed by atoms with Crippen molar-refractivity contribution in [2.75, 3.05) is 11.9 Å². The largest absolute Gasteiger partial charge is 0.311 e. The van der Waals surface area contributed by atoms with Crippen LogP contribution in [0, 0.1) is 11.8 Å². The van der Waals surface area contributed by atoms with Crippen LogP contribution in [0.5, 0.6) is 0 Å². The van der Waals surface area contributed by atoms with Crippen molar-refractivity contribution in [1.29, 1.82) is 0 Å². The summed E-state index contributed by atoms with van der Waals surface area (Å²) in [5.74, 6) is 5.54. The summed E-state index contributed by atoms with van der Waals surface area (Å²) in [6.45, 7) is 0. The molecule has 3 aromatic rings. The molecular weight excluding hydrogens is 429 g/mol. The van der Waals surface area contributed by atoms with Crippen LogP contribution >= 0.6 is 23.2 Å². The van der Waals surface area contributed by atoms with Gasteiger partial charge in [-0.3, -0.25) is 9.59 Å². The number of nitrogens with zero attached hydrogens (tertiary/aromatic N) is 1. The van der Waals surface area contributed by atoms with Crippen LogP contribution in [0.4, 0.5) is 5.69 Å². The quantitative estimate of drug-likeness (QED) is 0.282. The number of carbonyl (C=O) groups is 2. The van der Waals surface area contributed by atoms with Crippen molar-refractivity contribution in [2.24, 2.45) is 0 Å². The van der Waals surface area contributed by atoms with Gasteiger partial charge in [0, 0.05) is 24.6 Å². The Morgan fingerprint density at radius 3 is 2.45 bits per heavy atom. The van der Waals surface area contributed by atoms with Gasteiger partial charge in [0.25, 0.3) is 5.91 Å². The molecular formula is C26H17Cl2NO2. The van der Waals surface area contributed by atoms with E-state index in [4.69, 9.17) is 23.2 Å². The van der Waals surface area contributed by atoms with E-state index in [2.05, 4.69) is 11.8 Å². The molecule has 0 fully saturated rings. The molecule has 5 heteroatoms. The van der Waals surface area contributed by atoms with Crippen molar-refractivity contribution >= 4 is 46.7 Å². The first kappa shape index (κ1) is 20.9. The number of benzene rings is 3. The van der Waals surface area contributed by atoms with Crippen LogP contribution in [0.15, 0.2) is 72.3 Å². The Labute approximate surface area is 190 Å². The fourth-order valence-corrected chi connectivity index (χ4v) is 3.67. The molecule has 0 radical (unpaired) electrons. The Morgan fingerprint density at radius 1 is 0.935 bits per heavy atom. The lowest BCUT2D eigenvalue weighted by Gasteiger charge is -2.26. The molecule has 31 heavy (non-hydrogen) atoms. The van der Waals surface area contributed by atoms with Gasteiger partial charge in [-0.15, -0.1) is 0 Å². The minimum Gasteiger partial charge on any atom is -0.311 e. The maximum atomic E-state index is 13.2. The summed E-state index contributed by atoms with van der Waals surface area (Å²) in [5.41, 5.74) is 3.56.